The van der Waals surface area contributed by atoms with Gasteiger partial charge in [-0.1, -0.05) is 33.6 Å². The average molecular weight is 311 g/mol. The Labute approximate surface area is 132 Å². The van der Waals surface area contributed by atoms with E-state index in [0.29, 0.717) is 0 Å². The van der Waals surface area contributed by atoms with Crippen molar-refractivity contribution in [1.29, 1.82) is 0 Å². The summed E-state index contributed by atoms with van der Waals surface area (Å²) in [6.45, 7) is 9.46. The van der Waals surface area contributed by atoms with Crippen LogP contribution in [0.3, 0.4) is 0 Å². The quantitative estimate of drug-likeness (QED) is 0.675. The van der Waals surface area contributed by atoms with Crippen LogP contribution in [0.4, 0.5) is 5.13 Å². The lowest BCUT2D eigenvalue weighted by Crippen LogP contribution is -2.22. The van der Waals surface area contributed by atoms with Crippen molar-refractivity contribution in [2.75, 3.05) is 11.9 Å². The molecule has 0 aromatic carbocycles. The second-order valence-electron chi connectivity index (χ2n) is 5.49. The molecule has 0 aliphatic heterocycles. The number of nitrogens with zero attached hydrogens (tertiary/aromatic N) is 1. The van der Waals surface area contributed by atoms with Gasteiger partial charge in [-0.3, -0.25) is 4.79 Å². The first-order chi connectivity index (χ1) is 10.1. The summed E-state index contributed by atoms with van der Waals surface area (Å²) >= 11 is 1.51. The highest BCUT2D eigenvalue weighted by Crippen LogP contribution is 2.22. The van der Waals surface area contributed by atoms with Gasteiger partial charge in [0.15, 0.2) is 5.13 Å². The zero-order valence-electron chi connectivity index (χ0n) is 13.7. The van der Waals surface area contributed by atoms with E-state index in [9.17, 15) is 4.79 Å². The molecule has 5 heteroatoms. The standard InChI is InChI=1S/C16H29N3OS/c1-5-8-9-13(7-3)15(20)19-16-18-14(11-21-16)12(4)17-10-6-2/h11-13,17H,5-10H2,1-4H3,(H,18,19,20). The molecule has 2 N–H and O–H groups in total. The van der Waals surface area contributed by atoms with Crippen LogP contribution in [-0.2, 0) is 4.79 Å². The van der Waals surface area contributed by atoms with Gasteiger partial charge in [-0.25, -0.2) is 4.98 Å². The first kappa shape index (κ1) is 18.1. The molecule has 1 rings (SSSR count). The Hall–Kier alpha value is -0.940. The normalized spacial score (nSPS) is 13.9. The Kier molecular flexibility index (Phi) is 8.54. The van der Waals surface area contributed by atoms with Crippen LogP contribution >= 0.6 is 11.3 Å². The number of anilines is 1. The van der Waals surface area contributed by atoms with E-state index in [-0.39, 0.29) is 17.9 Å². The van der Waals surface area contributed by atoms with Gasteiger partial charge in [0.05, 0.1) is 5.69 Å². The van der Waals surface area contributed by atoms with E-state index in [4.69, 9.17) is 0 Å². The molecule has 0 aliphatic rings. The molecular weight excluding hydrogens is 282 g/mol. The van der Waals surface area contributed by atoms with Gasteiger partial charge in [-0.15, -0.1) is 11.3 Å². The number of amides is 1. The fourth-order valence-electron chi connectivity index (χ4n) is 2.19. The lowest BCUT2D eigenvalue weighted by Gasteiger charge is -2.13. The van der Waals surface area contributed by atoms with Gasteiger partial charge in [0.2, 0.25) is 5.91 Å². The van der Waals surface area contributed by atoms with Gasteiger partial charge < -0.3 is 10.6 Å². The van der Waals surface area contributed by atoms with Gasteiger partial charge in [-0.2, -0.15) is 0 Å². The third-order valence-electron chi connectivity index (χ3n) is 3.67. The number of rotatable bonds is 10. The van der Waals surface area contributed by atoms with Gasteiger partial charge >= 0.3 is 0 Å². The molecule has 1 aromatic rings. The summed E-state index contributed by atoms with van der Waals surface area (Å²) in [5.41, 5.74) is 1.00. The van der Waals surface area contributed by atoms with Crippen molar-refractivity contribution < 1.29 is 4.79 Å². The first-order valence-corrected chi connectivity index (χ1v) is 8.99. The van der Waals surface area contributed by atoms with Crippen LogP contribution < -0.4 is 10.6 Å². The highest BCUT2D eigenvalue weighted by molar-refractivity contribution is 7.13. The Morgan fingerprint density at radius 2 is 2.10 bits per heavy atom. The molecule has 0 saturated carbocycles. The SMILES string of the molecule is CCCCC(CC)C(=O)Nc1nc(C(C)NCCC)cs1. The molecule has 0 spiro atoms. The number of hydrogen-bond donors (Lipinski definition) is 2. The smallest absolute Gasteiger partial charge is 0.229 e. The molecule has 0 aliphatic carbocycles. The van der Waals surface area contributed by atoms with E-state index in [0.717, 1.165) is 49.5 Å². The van der Waals surface area contributed by atoms with Crippen molar-refractivity contribution in [3.63, 3.8) is 0 Å². The van der Waals surface area contributed by atoms with E-state index >= 15 is 0 Å². The number of carbonyl (C=O) groups excluding carboxylic acids is 1. The number of nitrogens with one attached hydrogen (secondary N) is 2. The topological polar surface area (TPSA) is 54.0 Å². The zero-order valence-corrected chi connectivity index (χ0v) is 14.6. The van der Waals surface area contributed by atoms with Gasteiger partial charge in [-0.05, 0) is 32.7 Å². The van der Waals surface area contributed by atoms with Crippen LogP contribution in [0.15, 0.2) is 5.38 Å². The molecule has 4 nitrogen and oxygen atoms in total. The number of aromatic nitrogens is 1. The number of carbonyl (C=O) groups is 1. The summed E-state index contributed by atoms with van der Waals surface area (Å²) in [7, 11) is 0. The molecule has 21 heavy (non-hydrogen) atoms. The Morgan fingerprint density at radius 1 is 1.33 bits per heavy atom. The molecule has 0 fully saturated rings. The summed E-state index contributed by atoms with van der Waals surface area (Å²) in [6.07, 6.45) is 5.19. The van der Waals surface area contributed by atoms with Crippen molar-refractivity contribution in [3.8, 4) is 0 Å². The van der Waals surface area contributed by atoms with Crippen molar-refractivity contribution >= 4 is 22.4 Å². The summed E-state index contributed by atoms with van der Waals surface area (Å²) in [6, 6.07) is 0.230. The van der Waals surface area contributed by atoms with Crippen LogP contribution in [-0.4, -0.2) is 17.4 Å². The zero-order chi connectivity index (χ0) is 15.7. The summed E-state index contributed by atoms with van der Waals surface area (Å²) < 4.78 is 0. The second-order valence-corrected chi connectivity index (χ2v) is 6.35. The van der Waals surface area contributed by atoms with Gasteiger partial charge in [0, 0.05) is 17.3 Å². The highest BCUT2D eigenvalue weighted by atomic mass is 32.1. The molecule has 2 unspecified atom stereocenters. The van der Waals surface area contributed by atoms with Crippen LogP contribution in [0.25, 0.3) is 0 Å². The molecule has 0 bridgehead atoms. The molecule has 2 atom stereocenters. The minimum Gasteiger partial charge on any atom is -0.309 e. The largest absolute Gasteiger partial charge is 0.309 e. The predicted octanol–water partition coefficient (Wildman–Crippen LogP) is 4.36. The first-order valence-electron chi connectivity index (χ1n) is 8.11. The molecule has 1 heterocycles. The third-order valence-corrected chi connectivity index (χ3v) is 4.44. The maximum Gasteiger partial charge on any atom is 0.229 e. The molecule has 1 amide bonds. The second kappa shape index (κ2) is 9.90. The van der Waals surface area contributed by atoms with Crippen LogP contribution in [0, 0.1) is 5.92 Å². The van der Waals surface area contributed by atoms with Gasteiger partial charge in [0.1, 0.15) is 0 Å². The minimum absolute atomic E-state index is 0.105. The summed E-state index contributed by atoms with van der Waals surface area (Å²) in [4.78, 5) is 16.8. The van der Waals surface area contributed by atoms with Crippen molar-refractivity contribution in [2.24, 2.45) is 5.92 Å². The Bertz CT molecular complexity index is 419. The van der Waals surface area contributed by atoms with E-state index < -0.39 is 0 Å². The van der Waals surface area contributed by atoms with Crippen LogP contribution in [0.2, 0.25) is 0 Å². The fourth-order valence-corrected chi connectivity index (χ4v) is 2.99. The number of hydrogen-bond acceptors (Lipinski definition) is 4. The van der Waals surface area contributed by atoms with Crippen LogP contribution in [0.1, 0.15) is 71.5 Å². The van der Waals surface area contributed by atoms with Gasteiger partial charge in [0.25, 0.3) is 0 Å². The van der Waals surface area contributed by atoms with Crippen molar-refractivity contribution in [1.82, 2.24) is 10.3 Å². The fraction of sp³-hybridized carbons (Fsp3) is 0.750. The molecule has 1 aromatic heterocycles. The maximum atomic E-state index is 12.2. The van der Waals surface area contributed by atoms with E-state index in [1.165, 1.54) is 11.3 Å². The monoisotopic (exact) mass is 311 g/mol. The summed E-state index contributed by atoms with van der Waals surface area (Å²) in [5.74, 6) is 0.217. The predicted molar refractivity (Wildman–Crippen MR) is 90.8 cm³/mol. The molecule has 120 valence electrons. The van der Waals surface area contributed by atoms with E-state index in [1.807, 2.05) is 5.38 Å². The lowest BCUT2D eigenvalue weighted by molar-refractivity contribution is -0.120. The minimum atomic E-state index is 0.105. The molecular formula is C16H29N3OS. The maximum absolute atomic E-state index is 12.2. The van der Waals surface area contributed by atoms with Crippen molar-refractivity contribution in [3.05, 3.63) is 11.1 Å². The average Bonchev–Trinajstić information content (AvgIpc) is 2.94. The number of thiazole rings is 1. The van der Waals surface area contributed by atoms with E-state index in [2.05, 4.69) is 43.3 Å². The lowest BCUT2D eigenvalue weighted by atomic mass is 9.99. The highest BCUT2D eigenvalue weighted by Gasteiger charge is 2.18. The summed E-state index contributed by atoms with van der Waals surface area (Å²) in [5, 5.41) is 9.12. The van der Waals surface area contributed by atoms with E-state index in [1.54, 1.807) is 0 Å². The van der Waals surface area contributed by atoms with Crippen LogP contribution in [0.5, 0.6) is 0 Å². The third kappa shape index (κ3) is 6.14. The molecule has 0 saturated heterocycles. The Morgan fingerprint density at radius 3 is 2.71 bits per heavy atom. The Balaban J connectivity index is 2.54. The van der Waals surface area contributed by atoms with Crippen molar-refractivity contribution in [2.45, 2.75) is 65.8 Å². The number of unbranched alkanes of at least 4 members (excludes halogenated alkanes) is 1. The molecule has 0 radical (unpaired) electrons.